The monoisotopic (exact) mass is 282 g/mol. The smallest absolute Gasteiger partial charge is 0.407 e. The molecule has 0 saturated heterocycles. The van der Waals surface area contributed by atoms with Crippen molar-refractivity contribution in [1.29, 1.82) is 0 Å². The predicted octanol–water partition coefficient (Wildman–Crippen LogP) is 0.350. The van der Waals surface area contributed by atoms with E-state index in [9.17, 15) is 9.59 Å². The van der Waals surface area contributed by atoms with Crippen LogP contribution >= 0.6 is 0 Å². The predicted molar refractivity (Wildman–Crippen MR) is 68.0 cm³/mol. The number of carbonyl (C=O) groups excluding carboxylic acids is 2. The van der Waals surface area contributed by atoms with Crippen LogP contribution in [0.4, 0.5) is 4.79 Å². The highest BCUT2D eigenvalue weighted by Crippen LogP contribution is 2.38. The maximum atomic E-state index is 11.7. The first-order valence-electron chi connectivity index (χ1n) is 6.55. The van der Waals surface area contributed by atoms with Crippen LogP contribution in [0.3, 0.4) is 0 Å². The summed E-state index contributed by atoms with van der Waals surface area (Å²) >= 11 is 0. The van der Waals surface area contributed by atoms with Crippen LogP contribution in [0.2, 0.25) is 0 Å². The zero-order chi connectivity index (χ0) is 14.5. The molecule has 1 fully saturated rings. The average molecular weight is 282 g/mol. The SMILES string of the molecule is COC(=O)N[C@@H](C)C(=O)NCCc1nc(C2CC2)no1. The maximum Gasteiger partial charge on any atom is 0.407 e. The quantitative estimate of drug-likeness (QED) is 0.779. The first-order valence-corrected chi connectivity index (χ1v) is 6.55. The highest BCUT2D eigenvalue weighted by molar-refractivity contribution is 5.85. The zero-order valence-electron chi connectivity index (χ0n) is 11.5. The van der Waals surface area contributed by atoms with E-state index in [0.29, 0.717) is 24.8 Å². The third kappa shape index (κ3) is 3.94. The third-order valence-electron chi connectivity index (χ3n) is 2.98. The van der Waals surface area contributed by atoms with Crippen LogP contribution in [-0.2, 0) is 16.0 Å². The fourth-order valence-corrected chi connectivity index (χ4v) is 1.62. The van der Waals surface area contributed by atoms with Gasteiger partial charge in [0.2, 0.25) is 11.8 Å². The summed E-state index contributed by atoms with van der Waals surface area (Å²) in [5, 5.41) is 8.95. The van der Waals surface area contributed by atoms with E-state index in [-0.39, 0.29) is 5.91 Å². The molecule has 0 bridgehead atoms. The number of rotatable bonds is 6. The Morgan fingerprint density at radius 2 is 2.25 bits per heavy atom. The van der Waals surface area contributed by atoms with Gasteiger partial charge in [0.15, 0.2) is 5.82 Å². The summed E-state index contributed by atoms with van der Waals surface area (Å²) in [5.74, 6) is 1.43. The van der Waals surface area contributed by atoms with Gasteiger partial charge >= 0.3 is 6.09 Å². The Hall–Kier alpha value is -2.12. The molecule has 20 heavy (non-hydrogen) atoms. The van der Waals surface area contributed by atoms with Crippen molar-refractivity contribution in [3.63, 3.8) is 0 Å². The van der Waals surface area contributed by atoms with Gasteiger partial charge in [0.25, 0.3) is 0 Å². The van der Waals surface area contributed by atoms with Crippen LogP contribution in [0.25, 0.3) is 0 Å². The summed E-state index contributed by atoms with van der Waals surface area (Å²) in [5.41, 5.74) is 0. The summed E-state index contributed by atoms with van der Waals surface area (Å²) in [6.45, 7) is 1.95. The van der Waals surface area contributed by atoms with E-state index in [2.05, 4.69) is 25.5 Å². The van der Waals surface area contributed by atoms with Crippen LogP contribution in [0, 0.1) is 0 Å². The summed E-state index contributed by atoms with van der Waals surface area (Å²) in [4.78, 5) is 26.9. The highest BCUT2D eigenvalue weighted by atomic mass is 16.5. The second-order valence-corrected chi connectivity index (χ2v) is 4.72. The first-order chi connectivity index (χ1) is 9.60. The van der Waals surface area contributed by atoms with Crippen molar-refractivity contribution in [2.75, 3.05) is 13.7 Å². The molecule has 1 heterocycles. The fraction of sp³-hybridized carbons (Fsp3) is 0.667. The van der Waals surface area contributed by atoms with Crippen molar-refractivity contribution < 1.29 is 18.8 Å². The molecule has 1 aromatic heterocycles. The zero-order valence-corrected chi connectivity index (χ0v) is 11.5. The summed E-state index contributed by atoms with van der Waals surface area (Å²) in [6.07, 6.45) is 2.06. The Labute approximate surface area is 116 Å². The Morgan fingerprint density at radius 3 is 2.90 bits per heavy atom. The van der Waals surface area contributed by atoms with E-state index in [1.54, 1.807) is 6.92 Å². The molecule has 2 rings (SSSR count). The number of hydrogen-bond donors (Lipinski definition) is 2. The number of carbonyl (C=O) groups is 2. The molecule has 0 aromatic carbocycles. The van der Waals surface area contributed by atoms with Gasteiger partial charge in [0.05, 0.1) is 7.11 Å². The van der Waals surface area contributed by atoms with Crippen molar-refractivity contribution >= 4 is 12.0 Å². The van der Waals surface area contributed by atoms with Crippen molar-refractivity contribution in [2.45, 2.75) is 38.1 Å². The van der Waals surface area contributed by atoms with Gasteiger partial charge in [-0.15, -0.1) is 0 Å². The summed E-state index contributed by atoms with van der Waals surface area (Å²) in [7, 11) is 1.24. The van der Waals surface area contributed by atoms with Crippen molar-refractivity contribution in [2.24, 2.45) is 0 Å². The number of nitrogens with zero attached hydrogens (tertiary/aromatic N) is 2. The van der Waals surface area contributed by atoms with E-state index in [1.807, 2.05) is 0 Å². The molecule has 2 amide bonds. The lowest BCUT2D eigenvalue weighted by Gasteiger charge is -2.12. The van der Waals surface area contributed by atoms with E-state index < -0.39 is 12.1 Å². The number of ether oxygens (including phenoxy) is 1. The van der Waals surface area contributed by atoms with Crippen LogP contribution in [0.5, 0.6) is 0 Å². The number of amides is 2. The lowest BCUT2D eigenvalue weighted by Crippen LogP contribution is -2.45. The average Bonchev–Trinajstić information content (AvgIpc) is 3.18. The molecule has 1 saturated carbocycles. The van der Waals surface area contributed by atoms with Crippen molar-refractivity contribution in [3.05, 3.63) is 11.7 Å². The van der Waals surface area contributed by atoms with Crippen molar-refractivity contribution in [3.8, 4) is 0 Å². The van der Waals surface area contributed by atoms with E-state index in [1.165, 1.54) is 7.11 Å². The van der Waals surface area contributed by atoms with Crippen LogP contribution in [0.1, 0.15) is 37.4 Å². The van der Waals surface area contributed by atoms with Gasteiger partial charge in [-0.05, 0) is 19.8 Å². The molecule has 110 valence electrons. The normalized spacial score (nSPS) is 15.5. The number of hydrogen-bond acceptors (Lipinski definition) is 6. The molecule has 0 radical (unpaired) electrons. The van der Waals surface area contributed by atoms with Crippen LogP contribution in [-0.4, -0.2) is 41.8 Å². The third-order valence-corrected chi connectivity index (χ3v) is 2.98. The lowest BCUT2D eigenvalue weighted by atomic mass is 10.3. The van der Waals surface area contributed by atoms with Crippen molar-refractivity contribution in [1.82, 2.24) is 20.8 Å². The Morgan fingerprint density at radius 1 is 1.50 bits per heavy atom. The summed E-state index contributed by atoms with van der Waals surface area (Å²) in [6, 6.07) is -0.660. The molecule has 1 aliphatic rings. The number of methoxy groups -OCH3 is 1. The topological polar surface area (TPSA) is 106 Å². The van der Waals surface area contributed by atoms with Crippen LogP contribution < -0.4 is 10.6 Å². The van der Waals surface area contributed by atoms with Gasteiger partial charge in [0.1, 0.15) is 6.04 Å². The fourth-order valence-electron chi connectivity index (χ4n) is 1.62. The van der Waals surface area contributed by atoms with E-state index in [0.717, 1.165) is 18.7 Å². The van der Waals surface area contributed by atoms with E-state index >= 15 is 0 Å². The molecular weight excluding hydrogens is 264 g/mol. The van der Waals surface area contributed by atoms with E-state index in [4.69, 9.17) is 4.52 Å². The number of alkyl carbamates (subject to hydrolysis) is 1. The minimum Gasteiger partial charge on any atom is -0.453 e. The number of nitrogens with one attached hydrogen (secondary N) is 2. The molecule has 0 aliphatic heterocycles. The molecule has 8 heteroatoms. The van der Waals surface area contributed by atoms with Gasteiger partial charge in [-0.25, -0.2) is 4.79 Å². The maximum absolute atomic E-state index is 11.7. The molecule has 1 aromatic rings. The Kier molecular flexibility index (Phi) is 4.54. The Bertz CT molecular complexity index is 484. The van der Waals surface area contributed by atoms with Gasteiger partial charge < -0.3 is 19.9 Å². The standard InChI is InChI=1S/C12H18N4O4/c1-7(14-12(18)19-2)11(17)13-6-5-9-15-10(16-20-9)8-3-4-8/h7-8H,3-6H2,1-2H3,(H,13,17)(H,14,18)/t7-/m0/s1. The molecule has 1 aliphatic carbocycles. The molecule has 0 spiro atoms. The van der Waals surface area contributed by atoms with Crippen LogP contribution in [0.15, 0.2) is 4.52 Å². The largest absolute Gasteiger partial charge is 0.453 e. The molecule has 1 atom stereocenters. The van der Waals surface area contributed by atoms with Gasteiger partial charge in [0, 0.05) is 18.9 Å². The molecule has 0 unspecified atom stereocenters. The minimum atomic E-state index is -0.660. The Balaban J connectivity index is 1.68. The molecule has 8 nitrogen and oxygen atoms in total. The second kappa shape index (κ2) is 6.36. The van der Waals surface area contributed by atoms with Gasteiger partial charge in [-0.3, -0.25) is 4.79 Å². The molecular formula is C12H18N4O4. The first kappa shape index (κ1) is 14.3. The number of aromatic nitrogens is 2. The van der Waals surface area contributed by atoms with Gasteiger partial charge in [-0.1, -0.05) is 5.16 Å². The molecule has 2 N–H and O–H groups in total. The lowest BCUT2D eigenvalue weighted by molar-refractivity contribution is -0.122. The minimum absolute atomic E-state index is 0.294. The second-order valence-electron chi connectivity index (χ2n) is 4.72. The highest BCUT2D eigenvalue weighted by Gasteiger charge is 2.28. The summed E-state index contributed by atoms with van der Waals surface area (Å²) < 4.78 is 9.50. The van der Waals surface area contributed by atoms with Gasteiger partial charge in [-0.2, -0.15) is 4.98 Å².